The number of nitrogens with zero attached hydrogens (tertiary/aromatic N) is 4. The highest BCUT2D eigenvalue weighted by atomic mass is 32.2. The first-order valence-corrected chi connectivity index (χ1v) is 17.2. The molecule has 11 nitrogen and oxygen atoms in total. The van der Waals surface area contributed by atoms with E-state index in [1.54, 1.807) is 6.92 Å². The van der Waals surface area contributed by atoms with Crippen LogP contribution in [0.1, 0.15) is 85.5 Å². The molecule has 3 aromatic rings. The Morgan fingerprint density at radius 3 is 2.33 bits per heavy atom. The summed E-state index contributed by atoms with van der Waals surface area (Å²) in [5.41, 5.74) is -0.894. The quantitative estimate of drug-likeness (QED) is 0.209. The largest absolute Gasteiger partial charge is 0.340 e. The molecule has 19 heteroatoms. The number of aryl methyl sites for hydroxylation is 1. The average molecular weight is 711 g/mol. The zero-order valence-corrected chi connectivity index (χ0v) is 26.6. The highest BCUT2D eigenvalue weighted by Gasteiger charge is 2.55. The number of benzene rings is 1. The number of carbonyl (C=O) groups excluding carboxylic acids is 2. The maximum absolute atomic E-state index is 16.3. The van der Waals surface area contributed by atoms with Gasteiger partial charge in [-0.2, -0.15) is 0 Å². The van der Waals surface area contributed by atoms with Gasteiger partial charge in [-0.1, -0.05) is 25.1 Å². The number of likely N-dealkylation sites (tertiary alicyclic amines) is 1. The van der Waals surface area contributed by atoms with Crippen LogP contribution in [0.15, 0.2) is 16.8 Å². The minimum Gasteiger partial charge on any atom is -0.340 e. The number of hydrogen-bond acceptors (Lipinski definition) is 8. The molecular formula is C29H33F7N6O5S. The van der Waals surface area contributed by atoms with Gasteiger partial charge in [0, 0.05) is 24.2 Å². The number of fused-ring (bicyclic) bond motifs is 1. The number of aromatic nitrogens is 4. The summed E-state index contributed by atoms with van der Waals surface area (Å²) in [6, 6.07) is 1.20. The molecule has 4 unspecified atom stereocenters. The molecule has 1 saturated heterocycles. The summed E-state index contributed by atoms with van der Waals surface area (Å²) in [6.07, 6.45) is -13.6. The predicted octanol–water partition coefficient (Wildman–Crippen LogP) is 4.96. The van der Waals surface area contributed by atoms with Crippen LogP contribution >= 0.6 is 0 Å². The molecule has 1 saturated carbocycles. The molecule has 1 aliphatic heterocycles. The molecule has 5 rings (SSSR count). The second-order valence-electron chi connectivity index (χ2n) is 12.0. The van der Waals surface area contributed by atoms with Gasteiger partial charge in [0.05, 0.1) is 23.2 Å². The van der Waals surface area contributed by atoms with E-state index >= 15 is 4.39 Å². The zero-order valence-electron chi connectivity index (χ0n) is 25.7. The lowest BCUT2D eigenvalue weighted by atomic mass is 9.81. The summed E-state index contributed by atoms with van der Waals surface area (Å²) in [7, 11) is -3.81. The van der Waals surface area contributed by atoms with Crippen LogP contribution in [0.25, 0.3) is 11.0 Å². The smallest absolute Gasteiger partial charge is 0.276 e. The first-order valence-electron chi connectivity index (χ1n) is 15.4. The Balaban J connectivity index is 1.54. The molecule has 48 heavy (non-hydrogen) atoms. The monoisotopic (exact) mass is 710 g/mol. The number of carbonyl (C=O) groups is 2. The number of imidazole rings is 1. The van der Waals surface area contributed by atoms with Gasteiger partial charge in [-0.25, -0.2) is 48.8 Å². The van der Waals surface area contributed by atoms with Crippen LogP contribution in [0, 0.1) is 11.7 Å². The van der Waals surface area contributed by atoms with Crippen molar-refractivity contribution in [3.05, 3.63) is 40.7 Å². The van der Waals surface area contributed by atoms with Crippen molar-refractivity contribution in [3.63, 3.8) is 0 Å². The Labute approximate surface area is 269 Å². The van der Waals surface area contributed by atoms with E-state index in [9.17, 15) is 44.3 Å². The van der Waals surface area contributed by atoms with E-state index in [1.807, 2.05) is 0 Å². The van der Waals surface area contributed by atoms with Gasteiger partial charge >= 0.3 is 0 Å². The zero-order chi connectivity index (χ0) is 35.1. The van der Waals surface area contributed by atoms with E-state index < -0.39 is 112 Å². The third kappa shape index (κ3) is 6.87. The van der Waals surface area contributed by atoms with Crippen molar-refractivity contribution in [3.8, 4) is 0 Å². The number of nitrogens with one attached hydrogen (secondary N) is 2. The van der Waals surface area contributed by atoms with Crippen LogP contribution in [0.5, 0.6) is 0 Å². The lowest BCUT2D eigenvalue weighted by Crippen LogP contribution is -2.43. The number of amides is 2. The normalized spacial score (nSPS) is 24.6. The van der Waals surface area contributed by atoms with E-state index in [1.165, 1.54) is 13.0 Å². The van der Waals surface area contributed by atoms with Gasteiger partial charge < -0.3 is 10.3 Å². The second-order valence-corrected chi connectivity index (χ2v) is 14.5. The number of alkyl halides is 6. The Hall–Kier alpha value is -3.77. The molecular weight excluding hydrogens is 677 g/mol. The third-order valence-electron chi connectivity index (χ3n) is 9.01. The number of rotatable bonds is 11. The fourth-order valence-electron chi connectivity index (χ4n) is 6.14. The Morgan fingerprint density at radius 2 is 1.73 bits per heavy atom. The fourth-order valence-corrected chi connectivity index (χ4v) is 7.03. The summed E-state index contributed by atoms with van der Waals surface area (Å²) in [6.45, 7) is 3.01. The summed E-state index contributed by atoms with van der Waals surface area (Å²) in [5, 5.41) is 9.97. The van der Waals surface area contributed by atoms with Crippen molar-refractivity contribution in [2.45, 2.75) is 95.2 Å². The molecule has 0 spiro atoms. The third-order valence-corrected chi connectivity index (χ3v) is 10.7. The van der Waals surface area contributed by atoms with Crippen LogP contribution in [0.3, 0.4) is 0 Å². The summed E-state index contributed by atoms with van der Waals surface area (Å²) >= 11 is 0. The lowest BCUT2D eigenvalue weighted by Gasteiger charge is -2.33. The molecule has 1 aliphatic carbocycles. The molecule has 2 aromatic heterocycles. The SMILES string of the molecule is CCc1nonc1C(=O)N[C@H](c1nc2c(F)c([C@@H](CCS(=O)(=O)CC)C(=O)N3C(F)C(F)C(F)C3F)ccc2[nH]1)C1CCC(F)(F)CC1. The van der Waals surface area contributed by atoms with Gasteiger partial charge in [0.1, 0.15) is 26.9 Å². The highest BCUT2D eigenvalue weighted by Crippen LogP contribution is 2.42. The van der Waals surface area contributed by atoms with Crippen LogP contribution in [-0.2, 0) is 21.1 Å². The van der Waals surface area contributed by atoms with Crippen molar-refractivity contribution in [1.82, 2.24) is 30.5 Å². The van der Waals surface area contributed by atoms with Crippen LogP contribution < -0.4 is 5.32 Å². The van der Waals surface area contributed by atoms with Crippen molar-refractivity contribution in [1.29, 1.82) is 0 Å². The highest BCUT2D eigenvalue weighted by molar-refractivity contribution is 7.91. The molecule has 2 amide bonds. The number of H-pyrrole nitrogens is 1. The first-order chi connectivity index (χ1) is 22.6. The lowest BCUT2D eigenvalue weighted by molar-refractivity contribution is -0.144. The van der Waals surface area contributed by atoms with Crippen LogP contribution in [-0.4, -0.2) is 87.8 Å². The first kappa shape index (κ1) is 35.5. The van der Waals surface area contributed by atoms with E-state index in [0.29, 0.717) is 0 Å². The Kier molecular flexibility index (Phi) is 10.1. The maximum atomic E-state index is 16.3. The van der Waals surface area contributed by atoms with Gasteiger partial charge in [-0.3, -0.25) is 14.5 Å². The average Bonchev–Trinajstić information content (AvgIpc) is 3.76. The van der Waals surface area contributed by atoms with Gasteiger partial charge in [0.15, 0.2) is 23.9 Å². The summed E-state index contributed by atoms with van der Waals surface area (Å²) in [4.78, 5) is 33.4. The molecule has 2 aliphatic rings. The standard InChI is InChI=1S/C29H33F7N6O5S/c1-3-16-23(41-47-40-16)27(43)39-21(13-7-10-29(35,36)11-8-13)26-37-17-6-5-14(18(30)22(17)38-26)15(9-12-48(45,46)4-2)28(44)42-24(33)19(31)20(32)25(42)34/h5-6,13,15,19-21,24-25H,3-4,7-12H2,1-2H3,(H,37,38)(H,39,43)/t15-,19?,20?,21+,24?,25?/m1/s1. The van der Waals surface area contributed by atoms with Crippen molar-refractivity contribution in [2.75, 3.05) is 11.5 Å². The maximum Gasteiger partial charge on any atom is 0.276 e. The molecule has 6 atom stereocenters. The van der Waals surface area contributed by atoms with E-state index in [2.05, 4.69) is 30.2 Å². The molecule has 3 heterocycles. The summed E-state index contributed by atoms with van der Waals surface area (Å²) < 4.78 is 131. The molecule has 2 fully saturated rings. The number of halogens is 7. The van der Waals surface area contributed by atoms with Gasteiger partial charge in [-0.15, -0.1) is 0 Å². The second kappa shape index (κ2) is 13.6. The Bertz CT molecular complexity index is 1750. The number of hydrogen-bond donors (Lipinski definition) is 2. The predicted molar refractivity (Wildman–Crippen MR) is 155 cm³/mol. The molecule has 0 bridgehead atoms. The summed E-state index contributed by atoms with van der Waals surface area (Å²) in [5.74, 6) is -10.1. The van der Waals surface area contributed by atoms with Crippen molar-refractivity contribution in [2.24, 2.45) is 5.92 Å². The van der Waals surface area contributed by atoms with Gasteiger partial charge in [0.25, 0.3) is 5.91 Å². The topological polar surface area (TPSA) is 151 Å². The van der Waals surface area contributed by atoms with Crippen molar-refractivity contribution >= 4 is 32.7 Å². The molecule has 264 valence electrons. The minimum absolute atomic E-state index is 0.0110. The molecule has 1 aromatic carbocycles. The fraction of sp³-hybridized carbons (Fsp3) is 0.621. The van der Waals surface area contributed by atoms with Crippen LogP contribution in [0.2, 0.25) is 0 Å². The molecule has 2 N–H and O–H groups in total. The van der Waals surface area contributed by atoms with E-state index in [4.69, 9.17) is 0 Å². The van der Waals surface area contributed by atoms with Gasteiger partial charge in [0.2, 0.25) is 24.4 Å². The van der Waals surface area contributed by atoms with E-state index in [0.717, 1.165) is 6.07 Å². The van der Waals surface area contributed by atoms with Crippen molar-refractivity contribution < 1.29 is 53.4 Å². The minimum atomic E-state index is -3.81. The van der Waals surface area contributed by atoms with Gasteiger partial charge in [-0.05, 0) is 42.8 Å². The molecule has 0 radical (unpaired) electrons. The van der Waals surface area contributed by atoms with Crippen LogP contribution in [0.4, 0.5) is 30.7 Å². The number of sulfone groups is 1. The number of aromatic amines is 1. The van der Waals surface area contributed by atoms with E-state index in [-0.39, 0.29) is 52.6 Å². The Morgan fingerprint density at radius 1 is 1.08 bits per heavy atom.